The third-order valence-corrected chi connectivity index (χ3v) is 3.99. The Morgan fingerprint density at radius 1 is 1.19 bits per heavy atom. The maximum atomic E-state index is 13.4. The van der Waals surface area contributed by atoms with Gasteiger partial charge in [0, 0.05) is 29.4 Å². The molecule has 0 fully saturated rings. The lowest BCUT2D eigenvalue weighted by Gasteiger charge is -2.13. The first-order chi connectivity index (χ1) is 10.1. The molecule has 1 heterocycles. The molecule has 1 aliphatic rings. The van der Waals surface area contributed by atoms with E-state index in [0.29, 0.717) is 0 Å². The van der Waals surface area contributed by atoms with Gasteiger partial charge in [0.15, 0.2) is 17.5 Å². The molecule has 112 valence electrons. The molecule has 1 atom stereocenters. The Morgan fingerprint density at radius 3 is 2.57 bits per heavy atom. The molecule has 3 nitrogen and oxygen atoms in total. The molecule has 1 N–H and O–H groups in total. The summed E-state index contributed by atoms with van der Waals surface area (Å²) in [7, 11) is 1.88. The number of hydrogen-bond donors (Lipinski definition) is 1. The normalized spacial score (nSPS) is 18.4. The summed E-state index contributed by atoms with van der Waals surface area (Å²) in [4.78, 5) is 0. The van der Waals surface area contributed by atoms with Crippen molar-refractivity contribution in [1.29, 1.82) is 0 Å². The Bertz CT molecular complexity index is 643. The maximum absolute atomic E-state index is 13.4. The molecule has 0 bridgehead atoms. The number of rotatable bonds is 2. The zero-order valence-corrected chi connectivity index (χ0v) is 11.7. The van der Waals surface area contributed by atoms with E-state index in [1.165, 1.54) is 4.68 Å². The van der Waals surface area contributed by atoms with E-state index in [-0.39, 0.29) is 11.7 Å². The third kappa shape index (κ3) is 2.44. The standard InChI is InChI=1S/C15H16F3N3/c1-19-13-4-2-3-5-14-10(13)8-20-21(14)9-6-11(16)15(18)12(17)7-9/h6-8,13,19H,2-5H2,1H3. The molecule has 1 aromatic heterocycles. The number of benzene rings is 1. The van der Waals surface area contributed by atoms with Crippen LogP contribution >= 0.6 is 0 Å². The van der Waals surface area contributed by atoms with Crippen molar-refractivity contribution in [3.05, 3.63) is 47.0 Å². The highest BCUT2D eigenvalue weighted by Gasteiger charge is 2.23. The van der Waals surface area contributed by atoms with Gasteiger partial charge >= 0.3 is 0 Å². The van der Waals surface area contributed by atoms with Gasteiger partial charge in [-0.25, -0.2) is 17.9 Å². The fraction of sp³-hybridized carbons (Fsp3) is 0.400. The second-order valence-electron chi connectivity index (χ2n) is 5.27. The van der Waals surface area contributed by atoms with Gasteiger partial charge in [0.1, 0.15) is 0 Å². The van der Waals surface area contributed by atoms with Crippen molar-refractivity contribution in [1.82, 2.24) is 15.1 Å². The van der Waals surface area contributed by atoms with Gasteiger partial charge in [-0.1, -0.05) is 6.42 Å². The van der Waals surface area contributed by atoms with Crippen molar-refractivity contribution in [2.24, 2.45) is 0 Å². The second-order valence-corrected chi connectivity index (χ2v) is 5.27. The van der Waals surface area contributed by atoms with Gasteiger partial charge in [0.25, 0.3) is 0 Å². The van der Waals surface area contributed by atoms with E-state index >= 15 is 0 Å². The molecule has 6 heteroatoms. The molecule has 21 heavy (non-hydrogen) atoms. The molecule has 0 radical (unpaired) electrons. The number of hydrogen-bond acceptors (Lipinski definition) is 2. The Morgan fingerprint density at radius 2 is 1.90 bits per heavy atom. The largest absolute Gasteiger partial charge is 0.313 e. The van der Waals surface area contributed by atoms with Crippen molar-refractivity contribution >= 4 is 0 Å². The Kier molecular flexibility index (Phi) is 3.71. The lowest BCUT2D eigenvalue weighted by molar-refractivity contribution is 0.445. The first-order valence-corrected chi connectivity index (χ1v) is 7.00. The molecule has 1 aromatic carbocycles. The summed E-state index contributed by atoms with van der Waals surface area (Å²) in [6.07, 6.45) is 5.58. The zero-order valence-electron chi connectivity index (χ0n) is 11.7. The summed E-state index contributed by atoms with van der Waals surface area (Å²) in [5.74, 6) is -3.86. The molecule has 1 unspecified atom stereocenters. The molecule has 3 rings (SSSR count). The predicted octanol–water partition coefficient (Wildman–Crippen LogP) is 3.28. The quantitative estimate of drug-likeness (QED) is 0.680. The molecule has 0 aliphatic heterocycles. The molecule has 0 spiro atoms. The summed E-state index contributed by atoms with van der Waals surface area (Å²) in [5.41, 5.74) is 2.18. The third-order valence-electron chi connectivity index (χ3n) is 3.99. The van der Waals surface area contributed by atoms with Gasteiger partial charge in [-0.2, -0.15) is 5.10 Å². The number of fused-ring (bicyclic) bond motifs is 1. The summed E-state index contributed by atoms with van der Waals surface area (Å²) >= 11 is 0. The van der Waals surface area contributed by atoms with Crippen LogP contribution in [0.25, 0.3) is 5.69 Å². The zero-order chi connectivity index (χ0) is 15.0. The maximum Gasteiger partial charge on any atom is 0.194 e. The van der Waals surface area contributed by atoms with E-state index in [4.69, 9.17) is 0 Å². The predicted molar refractivity (Wildman–Crippen MR) is 72.8 cm³/mol. The van der Waals surface area contributed by atoms with Crippen LogP contribution in [0.5, 0.6) is 0 Å². The average molecular weight is 295 g/mol. The van der Waals surface area contributed by atoms with Gasteiger partial charge in [-0.3, -0.25) is 0 Å². The Balaban J connectivity index is 2.10. The molecule has 1 aliphatic carbocycles. The van der Waals surface area contributed by atoms with Crippen LogP contribution in [0.15, 0.2) is 18.3 Å². The minimum atomic E-state index is -1.45. The lowest BCUT2D eigenvalue weighted by Crippen LogP contribution is -2.16. The van der Waals surface area contributed by atoms with Crippen molar-refractivity contribution < 1.29 is 13.2 Å². The van der Waals surface area contributed by atoms with Crippen LogP contribution in [0.1, 0.15) is 36.6 Å². The van der Waals surface area contributed by atoms with Crippen LogP contribution in [0.2, 0.25) is 0 Å². The average Bonchev–Trinajstić information content (AvgIpc) is 2.77. The highest BCUT2D eigenvalue weighted by Crippen LogP contribution is 2.30. The van der Waals surface area contributed by atoms with Crippen LogP contribution in [0.3, 0.4) is 0 Å². The summed E-state index contributed by atoms with van der Waals surface area (Å²) in [6, 6.07) is 2.14. The van der Waals surface area contributed by atoms with Crippen molar-refractivity contribution in [3.63, 3.8) is 0 Å². The van der Waals surface area contributed by atoms with Gasteiger partial charge in [-0.15, -0.1) is 0 Å². The first-order valence-electron chi connectivity index (χ1n) is 7.00. The smallest absolute Gasteiger partial charge is 0.194 e. The summed E-state index contributed by atoms with van der Waals surface area (Å²) in [5, 5.41) is 7.48. The molecule has 0 saturated carbocycles. The number of nitrogens with one attached hydrogen (secondary N) is 1. The highest BCUT2D eigenvalue weighted by molar-refractivity contribution is 5.38. The molecule has 0 saturated heterocycles. The van der Waals surface area contributed by atoms with E-state index in [9.17, 15) is 13.2 Å². The molecular formula is C15H16F3N3. The minimum Gasteiger partial charge on any atom is -0.313 e. The summed E-state index contributed by atoms with van der Waals surface area (Å²) < 4.78 is 41.4. The van der Waals surface area contributed by atoms with Crippen molar-refractivity contribution in [3.8, 4) is 5.69 Å². The van der Waals surface area contributed by atoms with Crippen LogP contribution in [-0.2, 0) is 6.42 Å². The first kappa shape index (κ1) is 14.1. The van der Waals surface area contributed by atoms with Crippen LogP contribution in [0, 0.1) is 17.5 Å². The number of aromatic nitrogens is 2. The van der Waals surface area contributed by atoms with Gasteiger partial charge < -0.3 is 5.32 Å². The fourth-order valence-corrected chi connectivity index (χ4v) is 2.91. The molecular weight excluding hydrogens is 279 g/mol. The monoisotopic (exact) mass is 295 g/mol. The van der Waals surface area contributed by atoms with E-state index in [1.807, 2.05) is 7.05 Å². The Labute approximate surface area is 120 Å². The van der Waals surface area contributed by atoms with E-state index in [2.05, 4.69) is 10.4 Å². The molecule has 0 amide bonds. The lowest BCUT2D eigenvalue weighted by atomic mass is 10.1. The van der Waals surface area contributed by atoms with Crippen molar-refractivity contribution in [2.75, 3.05) is 7.05 Å². The van der Waals surface area contributed by atoms with Crippen LogP contribution in [-0.4, -0.2) is 16.8 Å². The van der Waals surface area contributed by atoms with E-state index in [0.717, 1.165) is 49.1 Å². The molecule has 2 aromatic rings. The summed E-state index contributed by atoms with van der Waals surface area (Å²) in [6.45, 7) is 0. The SMILES string of the molecule is CNC1CCCCc2c1cnn2-c1cc(F)c(F)c(F)c1. The van der Waals surface area contributed by atoms with Gasteiger partial charge in [-0.05, 0) is 26.3 Å². The van der Waals surface area contributed by atoms with Crippen LogP contribution < -0.4 is 5.32 Å². The fourth-order valence-electron chi connectivity index (χ4n) is 2.91. The number of nitrogens with zero attached hydrogens (tertiary/aromatic N) is 2. The second kappa shape index (κ2) is 5.52. The van der Waals surface area contributed by atoms with Crippen LogP contribution in [0.4, 0.5) is 13.2 Å². The van der Waals surface area contributed by atoms with Gasteiger partial charge in [0.2, 0.25) is 0 Å². The van der Waals surface area contributed by atoms with Crippen molar-refractivity contribution in [2.45, 2.75) is 31.7 Å². The Hall–Kier alpha value is -1.82. The van der Waals surface area contributed by atoms with E-state index in [1.54, 1.807) is 6.20 Å². The van der Waals surface area contributed by atoms with E-state index < -0.39 is 17.5 Å². The van der Waals surface area contributed by atoms with Gasteiger partial charge in [0.05, 0.1) is 11.9 Å². The minimum absolute atomic E-state index is 0.186. The topological polar surface area (TPSA) is 29.9 Å². The number of halogens is 3. The highest BCUT2D eigenvalue weighted by atomic mass is 19.2.